The molecule has 1 aromatic carbocycles. The predicted octanol–water partition coefficient (Wildman–Crippen LogP) is 3.20. The first-order valence-corrected chi connectivity index (χ1v) is 6.00. The number of carbonyl (C=O) groups is 1. The van der Waals surface area contributed by atoms with Gasteiger partial charge in [-0.1, -0.05) is 18.5 Å². The highest BCUT2D eigenvalue weighted by Crippen LogP contribution is 2.37. The van der Waals surface area contributed by atoms with Crippen molar-refractivity contribution in [2.45, 2.75) is 19.8 Å². The van der Waals surface area contributed by atoms with Crippen LogP contribution in [0.4, 0.5) is 5.69 Å². The Kier molecular flexibility index (Phi) is 3.35. The van der Waals surface area contributed by atoms with Crippen LogP contribution in [0.25, 0.3) is 0 Å². The van der Waals surface area contributed by atoms with Gasteiger partial charge in [-0.3, -0.25) is 4.79 Å². The third-order valence-corrected chi connectivity index (χ3v) is 3.41. The van der Waals surface area contributed by atoms with E-state index in [-0.39, 0.29) is 11.8 Å². The second-order valence-corrected chi connectivity index (χ2v) is 4.83. The van der Waals surface area contributed by atoms with Crippen LogP contribution in [-0.2, 0) is 4.79 Å². The van der Waals surface area contributed by atoms with Gasteiger partial charge in [0.2, 0.25) is 5.91 Å². The summed E-state index contributed by atoms with van der Waals surface area (Å²) >= 11 is 5.99. The largest absolute Gasteiger partial charge is 0.325 e. The van der Waals surface area contributed by atoms with Gasteiger partial charge in [-0.25, -0.2) is 0 Å². The topological polar surface area (TPSA) is 52.9 Å². The number of nitrogens with one attached hydrogen (secondary N) is 1. The number of amides is 1. The van der Waals surface area contributed by atoms with E-state index in [1.807, 2.05) is 13.0 Å². The summed E-state index contributed by atoms with van der Waals surface area (Å²) in [5, 5.41) is 11.9. The molecule has 0 bridgehead atoms. The molecule has 0 aliphatic heterocycles. The Morgan fingerprint density at radius 1 is 1.59 bits per heavy atom. The number of rotatable bonds is 3. The highest BCUT2D eigenvalue weighted by molar-refractivity contribution is 6.33. The minimum Gasteiger partial charge on any atom is -0.325 e. The van der Waals surface area contributed by atoms with Crippen LogP contribution in [0.5, 0.6) is 0 Å². The molecule has 1 fully saturated rings. The van der Waals surface area contributed by atoms with Crippen molar-refractivity contribution in [3.63, 3.8) is 0 Å². The van der Waals surface area contributed by atoms with E-state index >= 15 is 0 Å². The van der Waals surface area contributed by atoms with Crippen LogP contribution < -0.4 is 5.32 Å². The lowest BCUT2D eigenvalue weighted by molar-refractivity contribution is -0.119. The molecule has 0 heterocycles. The molecule has 1 aromatic rings. The zero-order chi connectivity index (χ0) is 12.4. The SMILES string of the molecule is CC(C(=O)Nc1ccc(C#N)cc1Cl)C1CC1. The molecule has 1 aliphatic rings. The molecule has 0 saturated heterocycles. The van der Waals surface area contributed by atoms with E-state index in [9.17, 15) is 4.79 Å². The van der Waals surface area contributed by atoms with E-state index in [2.05, 4.69) is 5.32 Å². The molecule has 1 atom stereocenters. The van der Waals surface area contributed by atoms with Crippen LogP contribution in [0.1, 0.15) is 25.3 Å². The molecule has 0 aromatic heterocycles. The highest BCUT2D eigenvalue weighted by Gasteiger charge is 2.32. The number of anilines is 1. The van der Waals surface area contributed by atoms with E-state index in [1.165, 1.54) is 0 Å². The Bertz CT molecular complexity index is 489. The number of hydrogen-bond donors (Lipinski definition) is 1. The maximum absolute atomic E-state index is 11.9. The summed E-state index contributed by atoms with van der Waals surface area (Å²) in [7, 11) is 0. The summed E-state index contributed by atoms with van der Waals surface area (Å²) in [5.41, 5.74) is 1.06. The summed E-state index contributed by atoms with van der Waals surface area (Å²) in [6, 6.07) is 6.86. The second-order valence-electron chi connectivity index (χ2n) is 4.42. The molecular formula is C13H13ClN2O. The fraction of sp³-hybridized carbons (Fsp3) is 0.385. The van der Waals surface area contributed by atoms with Gasteiger partial charge in [-0.2, -0.15) is 5.26 Å². The van der Waals surface area contributed by atoms with Gasteiger partial charge >= 0.3 is 0 Å². The maximum atomic E-state index is 11.9. The van der Waals surface area contributed by atoms with Crippen molar-refractivity contribution in [2.24, 2.45) is 11.8 Å². The Labute approximate surface area is 105 Å². The molecule has 88 valence electrons. The summed E-state index contributed by atoms with van der Waals surface area (Å²) in [6.07, 6.45) is 2.27. The molecule has 2 rings (SSSR count). The van der Waals surface area contributed by atoms with Crippen LogP contribution >= 0.6 is 11.6 Å². The lowest BCUT2D eigenvalue weighted by atomic mass is 10.1. The molecular weight excluding hydrogens is 236 g/mol. The van der Waals surface area contributed by atoms with Crippen molar-refractivity contribution < 1.29 is 4.79 Å². The zero-order valence-corrected chi connectivity index (χ0v) is 10.3. The normalized spacial score (nSPS) is 16.1. The number of nitriles is 1. The maximum Gasteiger partial charge on any atom is 0.227 e. The Morgan fingerprint density at radius 3 is 2.82 bits per heavy atom. The minimum absolute atomic E-state index is 0.000826. The molecule has 0 spiro atoms. The molecule has 1 N–H and O–H groups in total. The van der Waals surface area contributed by atoms with Gasteiger partial charge in [0, 0.05) is 5.92 Å². The molecule has 3 nitrogen and oxygen atoms in total. The van der Waals surface area contributed by atoms with Crippen molar-refractivity contribution in [3.05, 3.63) is 28.8 Å². The van der Waals surface area contributed by atoms with E-state index < -0.39 is 0 Å². The van der Waals surface area contributed by atoms with Gasteiger partial charge in [0.1, 0.15) is 0 Å². The van der Waals surface area contributed by atoms with Crippen LogP contribution in [-0.4, -0.2) is 5.91 Å². The smallest absolute Gasteiger partial charge is 0.227 e. The van der Waals surface area contributed by atoms with Gasteiger partial charge in [-0.15, -0.1) is 0 Å². The van der Waals surface area contributed by atoms with E-state index in [4.69, 9.17) is 16.9 Å². The van der Waals surface area contributed by atoms with Crippen LogP contribution in [0.15, 0.2) is 18.2 Å². The van der Waals surface area contributed by atoms with Gasteiger partial charge in [0.25, 0.3) is 0 Å². The van der Waals surface area contributed by atoms with Crippen molar-refractivity contribution in [1.29, 1.82) is 5.26 Å². The minimum atomic E-state index is -0.000826. The molecule has 17 heavy (non-hydrogen) atoms. The second kappa shape index (κ2) is 4.77. The molecule has 1 aliphatic carbocycles. The van der Waals surface area contributed by atoms with Crippen molar-refractivity contribution >= 4 is 23.2 Å². The monoisotopic (exact) mass is 248 g/mol. The fourth-order valence-electron chi connectivity index (χ4n) is 1.74. The number of carbonyl (C=O) groups excluding carboxylic acids is 1. The molecule has 4 heteroatoms. The highest BCUT2D eigenvalue weighted by atomic mass is 35.5. The Hall–Kier alpha value is -1.53. The van der Waals surface area contributed by atoms with E-state index in [0.29, 0.717) is 22.2 Å². The van der Waals surface area contributed by atoms with Gasteiger partial charge < -0.3 is 5.32 Å². The van der Waals surface area contributed by atoms with E-state index in [0.717, 1.165) is 12.8 Å². The first-order valence-electron chi connectivity index (χ1n) is 5.62. The molecule has 1 unspecified atom stereocenters. The lowest BCUT2D eigenvalue weighted by Gasteiger charge is -2.12. The van der Waals surface area contributed by atoms with Crippen LogP contribution in [0, 0.1) is 23.2 Å². The standard InChI is InChI=1S/C13H13ClN2O/c1-8(10-3-4-10)13(17)16-12-5-2-9(7-15)6-11(12)14/h2,5-6,8,10H,3-4H2,1H3,(H,16,17). The molecule has 1 amide bonds. The molecule has 0 radical (unpaired) electrons. The quantitative estimate of drug-likeness (QED) is 0.893. The predicted molar refractivity (Wildman–Crippen MR) is 66.7 cm³/mol. The average molecular weight is 249 g/mol. The van der Waals surface area contributed by atoms with Gasteiger partial charge in [0.05, 0.1) is 22.3 Å². The molecule has 1 saturated carbocycles. The third-order valence-electron chi connectivity index (χ3n) is 3.10. The Morgan fingerprint density at radius 2 is 2.29 bits per heavy atom. The number of nitrogens with zero attached hydrogens (tertiary/aromatic N) is 1. The van der Waals surface area contributed by atoms with Gasteiger partial charge in [0.15, 0.2) is 0 Å². The summed E-state index contributed by atoms with van der Waals surface area (Å²) < 4.78 is 0. The number of hydrogen-bond acceptors (Lipinski definition) is 2. The Balaban J connectivity index is 2.08. The van der Waals surface area contributed by atoms with Crippen LogP contribution in [0.2, 0.25) is 5.02 Å². The zero-order valence-electron chi connectivity index (χ0n) is 9.53. The van der Waals surface area contributed by atoms with Crippen molar-refractivity contribution in [2.75, 3.05) is 5.32 Å². The average Bonchev–Trinajstić information content (AvgIpc) is 3.14. The number of halogens is 1. The summed E-state index contributed by atoms with van der Waals surface area (Å²) in [4.78, 5) is 11.9. The summed E-state index contributed by atoms with van der Waals surface area (Å²) in [6.45, 7) is 1.94. The van der Waals surface area contributed by atoms with Gasteiger partial charge in [-0.05, 0) is 37.0 Å². The fourth-order valence-corrected chi connectivity index (χ4v) is 1.97. The summed E-state index contributed by atoms with van der Waals surface area (Å²) in [5.74, 6) is 0.549. The van der Waals surface area contributed by atoms with E-state index in [1.54, 1.807) is 18.2 Å². The first kappa shape index (κ1) is 11.9. The number of benzene rings is 1. The first-order chi connectivity index (χ1) is 8.11. The van der Waals surface area contributed by atoms with Crippen LogP contribution in [0.3, 0.4) is 0 Å². The van der Waals surface area contributed by atoms with Crippen molar-refractivity contribution in [3.8, 4) is 6.07 Å². The third kappa shape index (κ3) is 2.78. The lowest BCUT2D eigenvalue weighted by Crippen LogP contribution is -2.21. The van der Waals surface area contributed by atoms with Crippen molar-refractivity contribution in [1.82, 2.24) is 0 Å².